The van der Waals surface area contributed by atoms with Crippen LogP contribution in [-0.2, 0) is 13.1 Å². The van der Waals surface area contributed by atoms with Crippen LogP contribution >= 0.6 is 11.6 Å². The van der Waals surface area contributed by atoms with E-state index in [4.69, 9.17) is 16.3 Å². The zero-order valence-corrected chi connectivity index (χ0v) is 17.6. The standard InChI is InChI=1S/C24H20ClN3O3/c1-31-22-9-5-2-6-18(22)24(30)26-14-23-27-19-7-3-4-8-20(19)28(23)15-21(29)16-10-12-17(25)13-11-16/h2-13H,14-15H2,1H3,(H,26,30). The highest BCUT2D eigenvalue weighted by molar-refractivity contribution is 6.30. The van der Waals surface area contributed by atoms with Crippen molar-refractivity contribution < 1.29 is 14.3 Å². The summed E-state index contributed by atoms with van der Waals surface area (Å²) in [5, 5.41) is 3.45. The van der Waals surface area contributed by atoms with E-state index in [1.807, 2.05) is 28.8 Å². The minimum atomic E-state index is -0.278. The molecule has 0 saturated carbocycles. The first-order valence-electron chi connectivity index (χ1n) is 9.71. The lowest BCUT2D eigenvalue weighted by atomic mass is 10.1. The third kappa shape index (κ3) is 4.44. The van der Waals surface area contributed by atoms with Gasteiger partial charge >= 0.3 is 0 Å². The van der Waals surface area contributed by atoms with Gasteiger partial charge < -0.3 is 14.6 Å². The molecule has 4 aromatic rings. The molecule has 7 heteroatoms. The zero-order chi connectivity index (χ0) is 21.8. The Morgan fingerprint density at radius 2 is 1.71 bits per heavy atom. The van der Waals surface area contributed by atoms with Crippen molar-refractivity contribution in [2.75, 3.05) is 7.11 Å². The van der Waals surface area contributed by atoms with Gasteiger partial charge in [-0.05, 0) is 48.5 Å². The number of halogens is 1. The zero-order valence-electron chi connectivity index (χ0n) is 16.8. The molecule has 0 saturated heterocycles. The molecule has 31 heavy (non-hydrogen) atoms. The highest BCUT2D eigenvalue weighted by atomic mass is 35.5. The van der Waals surface area contributed by atoms with Crippen LogP contribution in [0.15, 0.2) is 72.8 Å². The number of aromatic nitrogens is 2. The van der Waals surface area contributed by atoms with Crippen LogP contribution in [0.2, 0.25) is 5.02 Å². The number of hydrogen-bond acceptors (Lipinski definition) is 4. The fourth-order valence-corrected chi connectivity index (χ4v) is 3.52. The Morgan fingerprint density at radius 1 is 1.00 bits per heavy atom. The Kier molecular flexibility index (Phi) is 6.00. The van der Waals surface area contributed by atoms with Crippen molar-refractivity contribution in [3.05, 3.63) is 94.8 Å². The van der Waals surface area contributed by atoms with Crippen molar-refractivity contribution in [1.29, 1.82) is 0 Å². The number of ether oxygens (including phenoxy) is 1. The second kappa shape index (κ2) is 9.02. The van der Waals surface area contributed by atoms with E-state index in [-0.39, 0.29) is 24.8 Å². The summed E-state index contributed by atoms with van der Waals surface area (Å²) in [6.45, 7) is 0.265. The highest BCUT2D eigenvalue weighted by Crippen LogP contribution is 2.20. The number of carbonyl (C=O) groups excluding carboxylic acids is 2. The van der Waals surface area contributed by atoms with Crippen molar-refractivity contribution in [2.45, 2.75) is 13.1 Å². The Balaban J connectivity index is 1.60. The quantitative estimate of drug-likeness (QED) is 0.435. The van der Waals surface area contributed by atoms with Gasteiger partial charge in [0, 0.05) is 10.6 Å². The lowest BCUT2D eigenvalue weighted by molar-refractivity contribution is 0.0946. The summed E-state index contributed by atoms with van der Waals surface area (Å²) in [5.41, 5.74) is 2.58. The van der Waals surface area contributed by atoms with Gasteiger partial charge in [0.25, 0.3) is 5.91 Å². The van der Waals surface area contributed by atoms with Crippen LogP contribution < -0.4 is 10.1 Å². The molecule has 4 rings (SSSR count). The monoisotopic (exact) mass is 433 g/mol. The van der Waals surface area contributed by atoms with Crippen molar-refractivity contribution in [1.82, 2.24) is 14.9 Å². The molecule has 0 atom stereocenters. The number of ketones is 1. The number of Topliss-reactive ketones (excluding diaryl/α,β-unsaturated/α-hetero) is 1. The maximum absolute atomic E-state index is 12.9. The van der Waals surface area contributed by atoms with E-state index in [2.05, 4.69) is 10.3 Å². The third-order valence-electron chi connectivity index (χ3n) is 4.96. The van der Waals surface area contributed by atoms with Gasteiger partial charge in [0.05, 0.1) is 36.8 Å². The highest BCUT2D eigenvalue weighted by Gasteiger charge is 2.17. The third-order valence-corrected chi connectivity index (χ3v) is 5.21. The number of amides is 1. The predicted octanol–water partition coefficient (Wildman–Crippen LogP) is 4.51. The van der Waals surface area contributed by atoms with Crippen LogP contribution in [0.5, 0.6) is 5.75 Å². The van der Waals surface area contributed by atoms with E-state index < -0.39 is 0 Å². The average Bonchev–Trinajstić information content (AvgIpc) is 3.15. The van der Waals surface area contributed by atoms with Gasteiger partial charge in [-0.2, -0.15) is 0 Å². The van der Waals surface area contributed by atoms with E-state index in [1.165, 1.54) is 7.11 Å². The Labute approximate surface area is 184 Å². The second-order valence-electron chi connectivity index (χ2n) is 6.92. The molecular weight excluding hydrogens is 414 g/mol. The fourth-order valence-electron chi connectivity index (χ4n) is 3.39. The average molecular weight is 434 g/mol. The summed E-state index contributed by atoms with van der Waals surface area (Å²) in [5.74, 6) is 0.732. The molecule has 0 fully saturated rings. The van der Waals surface area contributed by atoms with Crippen LogP contribution in [0.4, 0.5) is 0 Å². The molecule has 0 spiro atoms. The minimum absolute atomic E-state index is 0.0721. The molecule has 0 bridgehead atoms. The van der Waals surface area contributed by atoms with Crippen molar-refractivity contribution >= 4 is 34.3 Å². The van der Waals surface area contributed by atoms with E-state index in [1.54, 1.807) is 48.5 Å². The topological polar surface area (TPSA) is 73.2 Å². The SMILES string of the molecule is COc1ccccc1C(=O)NCc1nc2ccccc2n1CC(=O)c1ccc(Cl)cc1. The first kappa shape index (κ1) is 20.6. The first-order valence-corrected chi connectivity index (χ1v) is 10.1. The van der Waals surface area contributed by atoms with E-state index in [9.17, 15) is 9.59 Å². The van der Waals surface area contributed by atoms with Gasteiger partial charge in [-0.25, -0.2) is 4.98 Å². The molecule has 0 unspecified atom stereocenters. The molecule has 0 aliphatic carbocycles. The van der Waals surface area contributed by atoms with Crippen LogP contribution in [0.1, 0.15) is 26.5 Å². The number of nitrogens with one attached hydrogen (secondary N) is 1. The van der Waals surface area contributed by atoms with Gasteiger partial charge in [-0.3, -0.25) is 9.59 Å². The van der Waals surface area contributed by atoms with Gasteiger partial charge in [0.2, 0.25) is 0 Å². The molecule has 0 radical (unpaired) electrons. The lowest BCUT2D eigenvalue weighted by Crippen LogP contribution is -2.26. The largest absolute Gasteiger partial charge is 0.496 e. The lowest BCUT2D eigenvalue weighted by Gasteiger charge is -2.11. The summed E-state index contributed by atoms with van der Waals surface area (Å²) < 4.78 is 7.09. The van der Waals surface area contributed by atoms with Crippen LogP contribution in [-0.4, -0.2) is 28.4 Å². The molecular formula is C24H20ClN3O3. The molecule has 0 aliphatic rings. The fraction of sp³-hybridized carbons (Fsp3) is 0.125. The van der Waals surface area contributed by atoms with Gasteiger partial charge in [-0.15, -0.1) is 0 Å². The number of hydrogen-bond donors (Lipinski definition) is 1. The summed E-state index contributed by atoms with van der Waals surface area (Å²) in [4.78, 5) is 30.2. The molecule has 6 nitrogen and oxygen atoms in total. The minimum Gasteiger partial charge on any atom is -0.496 e. The second-order valence-corrected chi connectivity index (χ2v) is 7.35. The number of benzene rings is 3. The maximum atomic E-state index is 12.9. The summed E-state index contributed by atoms with van der Waals surface area (Å²) >= 11 is 5.93. The van der Waals surface area contributed by atoms with Gasteiger partial charge in [-0.1, -0.05) is 35.9 Å². The summed E-state index contributed by atoms with van der Waals surface area (Å²) in [6, 6.07) is 21.4. The van der Waals surface area contributed by atoms with Crippen LogP contribution in [0, 0.1) is 0 Å². The summed E-state index contributed by atoms with van der Waals surface area (Å²) in [6.07, 6.45) is 0. The number of fused-ring (bicyclic) bond motifs is 1. The Hall–Kier alpha value is -3.64. The number of methoxy groups -OCH3 is 1. The molecule has 3 aromatic carbocycles. The van der Waals surface area contributed by atoms with Gasteiger partial charge in [0.1, 0.15) is 11.6 Å². The van der Waals surface area contributed by atoms with Crippen molar-refractivity contribution in [3.8, 4) is 5.75 Å². The summed E-state index contributed by atoms with van der Waals surface area (Å²) in [7, 11) is 1.52. The van der Waals surface area contributed by atoms with E-state index in [0.29, 0.717) is 27.7 Å². The Morgan fingerprint density at radius 3 is 2.48 bits per heavy atom. The molecule has 1 amide bonds. The molecule has 156 valence electrons. The molecule has 1 heterocycles. The van der Waals surface area contributed by atoms with E-state index in [0.717, 1.165) is 11.0 Å². The smallest absolute Gasteiger partial charge is 0.255 e. The van der Waals surface area contributed by atoms with Crippen molar-refractivity contribution in [3.63, 3.8) is 0 Å². The number of nitrogens with zero attached hydrogens (tertiary/aromatic N) is 2. The Bertz CT molecular complexity index is 1250. The van der Waals surface area contributed by atoms with Gasteiger partial charge in [0.15, 0.2) is 5.78 Å². The normalized spacial score (nSPS) is 10.8. The van der Waals surface area contributed by atoms with Crippen LogP contribution in [0.3, 0.4) is 0 Å². The number of rotatable bonds is 7. The number of carbonyl (C=O) groups is 2. The number of imidazole rings is 1. The predicted molar refractivity (Wildman–Crippen MR) is 120 cm³/mol. The van der Waals surface area contributed by atoms with Crippen LogP contribution in [0.25, 0.3) is 11.0 Å². The molecule has 0 aliphatic heterocycles. The first-order chi connectivity index (χ1) is 15.1. The van der Waals surface area contributed by atoms with E-state index >= 15 is 0 Å². The molecule has 1 N–H and O–H groups in total. The van der Waals surface area contributed by atoms with Crippen molar-refractivity contribution in [2.24, 2.45) is 0 Å². The number of para-hydroxylation sites is 3. The maximum Gasteiger partial charge on any atom is 0.255 e. The molecule has 1 aromatic heterocycles.